The van der Waals surface area contributed by atoms with Gasteiger partial charge in [0.05, 0.1) is 6.04 Å². The van der Waals surface area contributed by atoms with E-state index in [-0.39, 0.29) is 5.91 Å². The standard InChI is InChI=1S/C19H22N4O/c1-23(2)15-9-7-14(8-10-15)22-19(24)17(20)11-13-12-21-18-6-4-3-5-16(13)18/h3-10,12,17,21H,11,20H2,1-2H3,(H,22,24)/t17-/m0/s1. The third-order valence-electron chi connectivity index (χ3n) is 4.10. The van der Waals surface area contributed by atoms with Crippen LogP contribution in [0.15, 0.2) is 54.7 Å². The lowest BCUT2D eigenvalue weighted by molar-refractivity contribution is -0.117. The fraction of sp³-hybridized carbons (Fsp3) is 0.211. The summed E-state index contributed by atoms with van der Waals surface area (Å²) in [6.07, 6.45) is 2.41. The monoisotopic (exact) mass is 322 g/mol. The molecule has 0 spiro atoms. The lowest BCUT2D eigenvalue weighted by atomic mass is 10.0. The van der Waals surface area contributed by atoms with Gasteiger partial charge in [0.15, 0.2) is 0 Å². The van der Waals surface area contributed by atoms with Gasteiger partial charge in [-0.1, -0.05) is 18.2 Å². The minimum atomic E-state index is -0.599. The summed E-state index contributed by atoms with van der Waals surface area (Å²) in [5, 5.41) is 3.98. The summed E-state index contributed by atoms with van der Waals surface area (Å²) in [5.74, 6) is -0.183. The van der Waals surface area contributed by atoms with Gasteiger partial charge in [0.1, 0.15) is 0 Å². The van der Waals surface area contributed by atoms with E-state index in [1.54, 1.807) is 0 Å². The van der Waals surface area contributed by atoms with Crippen LogP contribution < -0.4 is 16.0 Å². The smallest absolute Gasteiger partial charge is 0.241 e. The van der Waals surface area contributed by atoms with Crippen LogP contribution in [0.2, 0.25) is 0 Å². The van der Waals surface area contributed by atoms with Crippen LogP contribution in [0.4, 0.5) is 11.4 Å². The molecule has 0 radical (unpaired) electrons. The second-order valence-electron chi connectivity index (χ2n) is 6.10. The molecule has 1 aromatic heterocycles. The highest BCUT2D eigenvalue weighted by molar-refractivity contribution is 5.95. The van der Waals surface area contributed by atoms with E-state index in [1.165, 1.54) is 0 Å². The molecule has 0 aliphatic heterocycles. The maximum absolute atomic E-state index is 12.3. The molecule has 0 unspecified atom stereocenters. The van der Waals surface area contributed by atoms with Gasteiger partial charge in [0.2, 0.25) is 5.91 Å². The SMILES string of the molecule is CN(C)c1ccc(NC(=O)[C@@H](N)Cc2c[nH]c3ccccc23)cc1. The minimum Gasteiger partial charge on any atom is -0.378 e. The molecule has 0 saturated carbocycles. The van der Waals surface area contributed by atoms with Crippen molar-refractivity contribution in [1.82, 2.24) is 4.98 Å². The lowest BCUT2D eigenvalue weighted by Crippen LogP contribution is -2.37. The first-order valence-corrected chi connectivity index (χ1v) is 7.93. The van der Waals surface area contributed by atoms with Crippen LogP contribution >= 0.6 is 0 Å². The van der Waals surface area contributed by atoms with E-state index in [2.05, 4.69) is 10.3 Å². The van der Waals surface area contributed by atoms with Crippen molar-refractivity contribution in [1.29, 1.82) is 0 Å². The molecule has 0 fully saturated rings. The molecule has 3 aromatic rings. The van der Waals surface area contributed by atoms with Crippen LogP contribution in [0.5, 0.6) is 0 Å². The van der Waals surface area contributed by atoms with Gasteiger partial charge in [0, 0.05) is 42.6 Å². The molecule has 5 nitrogen and oxygen atoms in total. The first-order valence-electron chi connectivity index (χ1n) is 7.93. The molecule has 1 amide bonds. The van der Waals surface area contributed by atoms with Gasteiger partial charge in [0.25, 0.3) is 0 Å². The van der Waals surface area contributed by atoms with Gasteiger partial charge in [-0.15, -0.1) is 0 Å². The number of H-pyrrole nitrogens is 1. The number of benzene rings is 2. The average Bonchev–Trinajstić information content (AvgIpc) is 2.98. The number of fused-ring (bicyclic) bond motifs is 1. The van der Waals surface area contributed by atoms with Gasteiger partial charge in [-0.2, -0.15) is 0 Å². The highest BCUT2D eigenvalue weighted by atomic mass is 16.2. The third kappa shape index (κ3) is 3.41. The molecule has 3 rings (SSSR count). The predicted octanol–water partition coefficient (Wildman–Crippen LogP) is 2.74. The largest absolute Gasteiger partial charge is 0.378 e. The minimum absolute atomic E-state index is 0.183. The van der Waals surface area contributed by atoms with E-state index < -0.39 is 6.04 Å². The highest BCUT2D eigenvalue weighted by Gasteiger charge is 2.16. The Morgan fingerprint density at radius 1 is 1.17 bits per heavy atom. The fourth-order valence-electron chi connectivity index (χ4n) is 2.71. The summed E-state index contributed by atoms with van der Waals surface area (Å²) in [5.41, 5.74) is 10.0. The molecular formula is C19H22N4O. The molecule has 0 saturated heterocycles. The highest BCUT2D eigenvalue weighted by Crippen LogP contribution is 2.19. The van der Waals surface area contributed by atoms with E-state index in [0.29, 0.717) is 6.42 Å². The number of aromatic amines is 1. The van der Waals surface area contributed by atoms with Crippen molar-refractivity contribution >= 4 is 28.2 Å². The van der Waals surface area contributed by atoms with Crippen LogP contribution in [0, 0.1) is 0 Å². The number of aromatic nitrogens is 1. The maximum atomic E-state index is 12.3. The molecule has 24 heavy (non-hydrogen) atoms. The Morgan fingerprint density at radius 3 is 2.58 bits per heavy atom. The second-order valence-corrected chi connectivity index (χ2v) is 6.10. The lowest BCUT2D eigenvalue weighted by Gasteiger charge is -2.15. The molecule has 0 aliphatic rings. The number of para-hydroxylation sites is 1. The van der Waals surface area contributed by atoms with E-state index in [4.69, 9.17) is 5.73 Å². The van der Waals surface area contributed by atoms with Crippen LogP contribution in [0.3, 0.4) is 0 Å². The molecule has 0 bridgehead atoms. The summed E-state index contributed by atoms with van der Waals surface area (Å²) in [4.78, 5) is 17.6. The second kappa shape index (κ2) is 6.76. The Labute approximate surface area is 141 Å². The molecule has 1 heterocycles. The van der Waals surface area contributed by atoms with Crippen LogP contribution in [0.1, 0.15) is 5.56 Å². The molecular weight excluding hydrogens is 300 g/mol. The van der Waals surface area contributed by atoms with E-state index >= 15 is 0 Å². The first-order chi connectivity index (χ1) is 11.5. The number of anilines is 2. The topological polar surface area (TPSA) is 74.2 Å². The summed E-state index contributed by atoms with van der Waals surface area (Å²) in [6, 6.07) is 15.1. The average molecular weight is 322 g/mol. The first kappa shape index (κ1) is 16.1. The van der Waals surface area contributed by atoms with Crippen molar-refractivity contribution in [3.05, 3.63) is 60.3 Å². The van der Waals surface area contributed by atoms with E-state index in [0.717, 1.165) is 27.8 Å². The molecule has 0 aliphatic carbocycles. The number of hydrogen-bond donors (Lipinski definition) is 3. The third-order valence-corrected chi connectivity index (χ3v) is 4.10. The van der Waals surface area contributed by atoms with Gasteiger partial charge < -0.3 is 20.9 Å². The summed E-state index contributed by atoms with van der Waals surface area (Å²) in [6.45, 7) is 0. The Hall–Kier alpha value is -2.79. The Morgan fingerprint density at radius 2 is 1.88 bits per heavy atom. The fourth-order valence-corrected chi connectivity index (χ4v) is 2.71. The number of hydrogen-bond acceptors (Lipinski definition) is 3. The van der Waals surface area contributed by atoms with Gasteiger partial charge in [-0.05, 0) is 42.3 Å². The van der Waals surface area contributed by atoms with E-state index in [1.807, 2.05) is 73.7 Å². The van der Waals surface area contributed by atoms with Crippen LogP contribution in [-0.2, 0) is 11.2 Å². The maximum Gasteiger partial charge on any atom is 0.241 e. The quantitative estimate of drug-likeness (QED) is 0.676. The van der Waals surface area contributed by atoms with E-state index in [9.17, 15) is 4.79 Å². The number of carbonyl (C=O) groups excluding carboxylic acids is 1. The van der Waals surface area contributed by atoms with Crippen molar-refractivity contribution in [3.63, 3.8) is 0 Å². The van der Waals surface area contributed by atoms with Crippen LogP contribution in [-0.4, -0.2) is 31.0 Å². The number of carbonyl (C=O) groups is 1. The zero-order valence-corrected chi connectivity index (χ0v) is 13.9. The number of nitrogens with zero attached hydrogens (tertiary/aromatic N) is 1. The normalized spacial score (nSPS) is 12.1. The van der Waals surface area contributed by atoms with Crippen molar-refractivity contribution in [2.24, 2.45) is 5.73 Å². The van der Waals surface area contributed by atoms with Crippen molar-refractivity contribution in [2.45, 2.75) is 12.5 Å². The Balaban J connectivity index is 1.66. The van der Waals surface area contributed by atoms with Gasteiger partial charge in [-0.25, -0.2) is 0 Å². The molecule has 124 valence electrons. The molecule has 4 N–H and O–H groups in total. The van der Waals surface area contributed by atoms with Gasteiger partial charge >= 0.3 is 0 Å². The molecule has 5 heteroatoms. The molecule has 2 aromatic carbocycles. The summed E-state index contributed by atoms with van der Waals surface area (Å²) in [7, 11) is 3.95. The van der Waals surface area contributed by atoms with Crippen molar-refractivity contribution in [2.75, 3.05) is 24.3 Å². The van der Waals surface area contributed by atoms with Crippen LogP contribution in [0.25, 0.3) is 10.9 Å². The van der Waals surface area contributed by atoms with Crippen molar-refractivity contribution < 1.29 is 4.79 Å². The summed E-state index contributed by atoms with van der Waals surface area (Å²) >= 11 is 0. The zero-order chi connectivity index (χ0) is 17.1. The number of nitrogens with two attached hydrogens (primary N) is 1. The summed E-state index contributed by atoms with van der Waals surface area (Å²) < 4.78 is 0. The Bertz CT molecular complexity index is 836. The van der Waals surface area contributed by atoms with Crippen molar-refractivity contribution in [3.8, 4) is 0 Å². The van der Waals surface area contributed by atoms with Gasteiger partial charge in [-0.3, -0.25) is 4.79 Å². The predicted molar refractivity (Wildman–Crippen MR) is 99.4 cm³/mol. The Kier molecular flexibility index (Phi) is 4.53. The zero-order valence-electron chi connectivity index (χ0n) is 13.9. The number of nitrogens with one attached hydrogen (secondary N) is 2. The number of rotatable bonds is 5. The number of amides is 1. The molecule has 1 atom stereocenters.